The SMILES string of the molecule is CN1Cc2c(ccc3[nH]ncc23)C[C@@H](NC(=O)N2CCC(N3Cc4ccccc4NC3=O)CC2)C1=O. The first-order valence-corrected chi connectivity index (χ1v) is 12.4. The van der Waals surface area contributed by atoms with Gasteiger partial charge in [-0.05, 0) is 41.7 Å². The van der Waals surface area contributed by atoms with E-state index in [9.17, 15) is 14.4 Å². The number of anilines is 1. The van der Waals surface area contributed by atoms with Crippen LogP contribution in [0.1, 0.15) is 29.5 Å². The van der Waals surface area contributed by atoms with Gasteiger partial charge in [-0.25, -0.2) is 9.59 Å². The third-order valence-electron chi connectivity index (χ3n) is 7.68. The highest BCUT2D eigenvalue weighted by Crippen LogP contribution is 2.29. The van der Waals surface area contributed by atoms with Crippen LogP contribution in [0.15, 0.2) is 42.6 Å². The Hall–Kier alpha value is -4.08. The lowest BCUT2D eigenvalue weighted by Gasteiger charge is -2.40. The summed E-state index contributed by atoms with van der Waals surface area (Å²) >= 11 is 0. The Morgan fingerprint density at radius 3 is 2.69 bits per heavy atom. The van der Waals surface area contributed by atoms with Crippen LogP contribution >= 0.6 is 0 Å². The van der Waals surface area contributed by atoms with Gasteiger partial charge >= 0.3 is 12.1 Å². The molecule has 3 aromatic rings. The molecule has 3 N–H and O–H groups in total. The van der Waals surface area contributed by atoms with E-state index in [0.29, 0.717) is 45.4 Å². The summed E-state index contributed by atoms with van der Waals surface area (Å²) in [6.45, 7) is 2.12. The van der Waals surface area contributed by atoms with Crippen LogP contribution in [0.3, 0.4) is 0 Å². The van der Waals surface area contributed by atoms with Gasteiger partial charge in [0.1, 0.15) is 6.04 Å². The van der Waals surface area contributed by atoms with Crippen molar-refractivity contribution in [3.05, 3.63) is 59.3 Å². The minimum atomic E-state index is -0.629. The van der Waals surface area contributed by atoms with Crippen molar-refractivity contribution in [1.82, 2.24) is 30.2 Å². The van der Waals surface area contributed by atoms with E-state index in [2.05, 4.69) is 20.8 Å². The van der Waals surface area contributed by atoms with Gasteiger partial charge in [-0.15, -0.1) is 0 Å². The summed E-state index contributed by atoms with van der Waals surface area (Å²) in [5.41, 5.74) is 5.01. The molecule has 0 bridgehead atoms. The molecule has 1 saturated heterocycles. The van der Waals surface area contributed by atoms with Gasteiger partial charge in [0.15, 0.2) is 0 Å². The van der Waals surface area contributed by atoms with Crippen LogP contribution in [0.4, 0.5) is 15.3 Å². The second kappa shape index (κ2) is 8.85. The summed E-state index contributed by atoms with van der Waals surface area (Å²) in [4.78, 5) is 44.2. The summed E-state index contributed by atoms with van der Waals surface area (Å²) in [6, 6.07) is 10.9. The Labute approximate surface area is 208 Å². The molecule has 1 atom stereocenters. The molecular weight excluding hydrogens is 458 g/mol. The predicted octanol–water partition coefficient (Wildman–Crippen LogP) is 2.67. The number of aromatic nitrogens is 2. The first-order valence-electron chi connectivity index (χ1n) is 12.4. The van der Waals surface area contributed by atoms with Gasteiger partial charge in [0.05, 0.1) is 11.7 Å². The largest absolute Gasteiger partial charge is 0.340 e. The van der Waals surface area contributed by atoms with Crippen molar-refractivity contribution < 1.29 is 14.4 Å². The molecular formula is C26H29N7O3. The molecule has 1 aromatic heterocycles. The monoisotopic (exact) mass is 487 g/mol. The van der Waals surface area contributed by atoms with Crippen molar-refractivity contribution in [2.45, 2.75) is 44.4 Å². The molecule has 0 spiro atoms. The number of amides is 5. The number of urea groups is 2. The van der Waals surface area contributed by atoms with Crippen molar-refractivity contribution in [3.63, 3.8) is 0 Å². The number of carbonyl (C=O) groups excluding carboxylic acids is 3. The zero-order valence-corrected chi connectivity index (χ0v) is 20.2. The number of likely N-dealkylation sites (N-methyl/N-ethyl adjacent to an activating group) is 1. The predicted molar refractivity (Wildman–Crippen MR) is 134 cm³/mol. The lowest BCUT2D eigenvalue weighted by Crippen LogP contribution is -2.55. The fourth-order valence-corrected chi connectivity index (χ4v) is 5.64. The Bertz CT molecular complexity index is 1340. The van der Waals surface area contributed by atoms with Crippen LogP contribution in [-0.2, 0) is 24.3 Å². The first kappa shape index (κ1) is 22.4. The highest BCUT2D eigenvalue weighted by Gasteiger charge is 2.35. The topological polar surface area (TPSA) is 114 Å². The maximum absolute atomic E-state index is 13.2. The second-order valence-electron chi connectivity index (χ2n) is 9.87. The van der Waals surface area contributed by atoms with E-state index >= 15 is 0 Å². The van der Waals surface area contributed by atoms with Gasteiger partial charge in [0, 0.05) is 56.8 Å². The number of hydrogen-bond acceptors (Lipinski definition) is 4. The summed E-state index contributed by atoms with van der Waals surface area (Å²) in [5, 5.41) is 14.1. The molecule has 0 aliphatic carbocycles. The second-order valence-corrected chi connectivity index (χ2v) is 9.87. The highest BCUT2D eigenvalue weighted by molar-refractivity contribution is 5.93. The zero-order chi connectivity index (χ0) is 24.8. The highest BCUT2D eigenvalue weighted by atomic mass is 16.2. The number of nitrogens with zero attached hydrogens (tertiary/aromatic N) is 4. The molecule has 0 unspecified atom stereocenters. The van der Waals surface area contributed by atoms with E-state index in [1.54, 1.807) is 23.0 Å². The van der Waals surface area contributed by atoms with E-state index < -0.39 is 6.04 Å². The molecule has 6 rings (SSSR count). The minimum Gasteiger partial charge on any atom is -0.340 e. The van der Waals surface area contributed by atoms with E-state index in [4.69, 9.17) is 0 Å². The summed E-state index contributed by atoms with van der Waals surface area (Å²) < 4.78 is 0. The van der Waals surface area contributed by atoms with Crippen LogP contribution in [0.2, 0.25) is 0 Å². The smallest absolute Gasteiger partial charge is 0.322 e. The van der Waals surface area contributed by atoms with Crippen molar-refractivity contribution >= 4 is 34.6 Å². The van der Waals surface area contributed by atoms with Gasteiger partial charge in [0.2, 0.25) is 5.91 Å². The van der Waals surface area contributed by atoms with E-state index in [1.165, 1.54) is 0 Å². The van der Waals surface area contributed by atoms with Crippen LogP contribution < -0.4 is 10.6 Å². The minimum absolute atomic E-state index is 0.0669. The summed E-state index contributed by atoms with van der Waals surface area (Å²) in [7, 11) is 1.77. The van der Waals surface area contributed by atoms with Gasteiger partial charge in [-0.3, -0.25) is 9.89 Å². The van der Waals surface area contributed by atoms with Crippen molar-refractivity contribution in [2.24, 2.45) is 0 Å². The Kier molecular flexibility index (Phi) is 5.50. The van der Waals surface area contributed by atoms with Crippen molar-refractivity contribution in [3.8, 4) is 0 Å². The molecule has 5 amide bonds. The van der Waals surface area contributed by atoms with Crippen LogP contribution in [-0.4, -0.2) is 75.1 Å². The standard InChI is InChI=1S/C26H29N7O3/c1-31-15-20-16(6-7-22-19(20)13-27-30-22)12-23(24(31)34)29-25(35)32-10-8-18(9-11-32)33-14-17-4-2-3-5-21(17)28-26(33)36/h2-7,13,18,23H,8-12,14-15H2,1H3,(H,27,30)(H,28,36)(H,29,35)/t23-/m1/s1. The van der Waals surface area contributed by atoms with Crippen LogP contribution in [0, 0.1) is 0 Å². The van der Waals surface area contributed by atoms with Crippen molar-refractivity contribution in [1.29, 1.82) is 0 Å². The molecule has 10 heteroatoms. The van der Waals surface area contributed by atoms with E-state index in [1.807, 2.05) is 41.3 Å². The van der Waals surface area contributed by atoms with Crippen LogP contribution in [0.5, 0.6) is 0 Å². The first-order chi connectivity index (χ1) is 17.5. The van der Waals surface area contributed by atoms with Gasteiger partial charge in [0.25, 0.3) is 0 Å². The maximum atomic E-state index is 13.2. The van der Waals surface area contributed by atoms with Gasteiger partial charge in [-0.1, -0.05) is 24.3 Å². The number of piperidine rings is 1. The third kappa shape index (κ3) is 3.92. The van der Waals surface area contributed by atoms with Crippen LogP contribution in [0.25, 0.3) is 10.9 Å². The fourth-order valence-electron chi connectivity index (χ4n) is 5.64. The van der Waals surface area contributed by atoms with Gasteiger partial charge < -0.3 is 25.3 Å². The summed E-state index contributed by atoms with van der Waals surface area (Å²) in [5.74, 6) is -0.102. The third-order valence-corrected chi connectivity index (χ3v) is 7.68. The molecule has 186 valence electrons. The number of H-pyrrole nitrogens is 1. The molecule has 36 heavy (non-hydrogen) atoms. The molecule has 3 aliphatic heterocycles. The number of benzene rings is 2. The zero-order valence-electron chi connectivity index (χ0n) is 20.2. The Morgan fingerprint density at radius 1 is 1.06 bits per heavy atom. The lowest BCUT2D eigenvalue weighted by molar-refractivity contribution is -0.132. The lowest BCUT2D eigenvalue weighted by atomic mass is 9.98. The molecule has 0 saturated carbocycles. The van der Waals surface area contributed by atoms with Crippen molar-refractivity contribution in [2.75, 3.05) is 25.5 Å². The number of fused-ring (bicyclic) bond motifs is 4. The quantitative estimate of drug-likeness (QED) is 0.516. The maximum Gasteiger partial charge on any atom is 0.322 e. The molecule has 2 aromatic carbocycles. The molecule has 0 radical (unpaired) electrons. The fraction of sp³-hybridized carbons (Fsp3) is 0.385. The molecule has 4 heterocycles. The average molecular weight is 488 g/mol. The number of nitrogens with one attached hydrogen (secondary N) is 3. The molecule has 3 aliphatic rings. The van der Waals surface area contributed by atoms with E-state index in [0.717, 1.165) is 33.3 Å². The number of carbonyl (C=O) groups is 3. The molecule has 10 nitrogen and oxygen atoms in total. The number of aromatic amines is 1. The molecule has 1 fully saturated rings. The number of hydrogen-bond donors (Lipinski definition) is 3. The average Bonchev–Trinajstić information content (AvgIpc) is 3.34. The Morgan fingerprint density at radius 2 is 1.86 bits per heavy atom. The number of likely N-dealkylation sites (tertiary alicyclic amines) is 1. The normalized spacial score (nSPS) is 20.6. The van der Waals surface area contributed by atoms with E-state index in [-0.39, 0.29) is 24.0 Å². The number of rotatable bonds is 2. The summed E-state index contributed by atoms with van der Waals surface area (Å²) in [6.07, 6.45) is 3.62. The number of para-hydroxylation sites is 1. The Balaban J connectivity index is 1.11. The van der Waals surface area contributed by atoms with Gasteiger partial charge in [-0.2, -0.15) is 5.10 Å².